The fourth-order valence-corrected chi connectivity index (χ4v) is 4.24. The Morgan fingerprint density at radius 2 is 1.47 bits per heavy atom. The van der Waals surface area contributed by atoms with Crippen LogP contribution in [0.1, 0.15) is 32.4 Å². The average molecular weight is 404 g/mol. The highest BCUT2D eigenvalue weighted by Crippen LogP contribution is 2.51. The number of methoxy groups -OCH3 is 2. The Labute approximate surface area is 172 Å². The first kappa shape index (κ1) is 18.2. The lowest BCUT2D eigenvalue weighted by molar-refractivity contribution is 0.0947. The van der Waals surface area contributed by atoms with Gasteiger partial charge in [0.15, 0.2) is 11.5 Å². The van der Waals surface area contributed by atoms with E-state index in [1.54, 1.807) is 48.5 Å². The number of carbonyl (C=O) groups excluding carboxylic acids is 2. The number of carbonyl (C=O) groups is 2. The molecule has 0 saturated heterocycles. The number of benzene rings is 3. The van der Waals surface area contributed by atoms with Crippen molar-refractivity contribution in [2.24, 2.45) is 0 Å². The number of nitrogens with zero attached hydrogens (tertiary/aromatic N) is 2. The maximum Gasteiger partial charge on any atom is 0.264 e. The van der Waals surface area contributed by atoms with Crippen molar-refractivity contribution in [1.82, 2.24) is 0 Å². The second kappa shape index (κ2) is 6.59. The van der Waals surface area contributed by atoms with Crippen LogP contribution in [0.25, 0.3) is 0 Å². The van der Waals surface area contributed by atoms with Crippen LogP contribution in [0.3, 0.4) is 0 Å². The van der Waals surface area contributed by atoms with E-state index >= 15 is 0 Å². The molecule has 5 rings (SSSR count). The van der Waals surface area contributed by atoms with E-state index in [2.05, 4.69) is 0 Å². The monoisotopic (exact) mass is 404 g/mol. The molecule has 2 aliphatic rings. The topological polar surface area (TPSA) is 59.1 Å². The molecule has 0 aliphatic carbocycles. The van der Waals surface area contributed by atoms with Crippen molar-refractivity contribution in [3.63, 3.8) is 0 Å². The predicted octanol–water partition coefficient (Wildman–Crippen LogP) is 4.16. The van der Waals surface area contributed by atoms with Crippen molar-refractivity contribution < 1.29 is 23.5 Å². The first-order chi connectivity index (χ1) is 14.6. The molecule has 2 amide bonds. The van der Waals surface area contributed by atoms with Gasteiger partial charge in [0.1, 0.15) is 12.0 Å². The Bertz CT molecular complexity index is 1210. The normalized spacial score (nSPS) is 16.8. The van der Waals surface area contributed by atoms with Gasteiger partial charge in [0.25, 0.3) is 11.8 Å². The fourth-order valence-electron chi connectivity index (χ4n) is 4.24. The maximum absolute atomic E-state index is 14.8. The van der Waals surface area contributed by atoms with Crippen molar-refractivity contribution in [3.8, 4) is 11.5 Å². The molecular weight excluding hydrogens is 387 g/mol. The zero-order valence-electron chi connectivity index (χ0n) is 16.3. The maximum atomic E-state index is 14.8. The van der Waals surface area contributed by atoms with Crippen LogP contribution in [0.4, 0.5) is 15.8 Å². The van der Waals surface area contributed by atoms with Gasteiger partial charge in [-0.25, -0.2) is 4.39 Å². The molecule has 0 spiro atoms. The molecule has 0 fully saturated rings. The van der Waals surface area contributed by atoms with Crippen molar-refractivity contribution >= 4 is 23.2 Å². The summed E-state index contributed by atoms with van der Waals surface area (Å²) in [6.07, 6.45) is -0.841. The van der Waals surface area contributed by atoms with Crippen molar-refractivity contribution in [2.45, 2.75) is 6.17 Å². The molecule has 3 aromatic rings. The number of hydrogen-bond acceptors (Lipinski definition) is 4. The van der Waals surface area contributed by atoms with E-state index in [0.717, 1.165) is 0 Å². The van der Waals surface area contributed by atoms with Crippen molar-refractivity contribution in [1.29, 1.82) is 0 Å². The van der Waals surface area contributed by atoms with Gasteiger partial charge in [-0.15, -0.1) is 0 Å². The number of anilines is 2. The lowest BCUT2D eigenvalue weighted by Gasteiger charge is -2.40. The van der Waals surface area contributed by atoms with E-state index in [1.165, 1.54) is 36.2 Å². The highest BCUT2D eigenvalue weighted by Gasteiger charge is 2.50. The zero-order valence-corrected chi connectivity index (χ0v) is 16.3. The molecule has 0 saturated carbocycles. The number of halogens is 1. The Morgan fingerprint density at radius 1 is 0.800 bits per heavy atom. The van der Waals surface area contributed by atoms with Gasteiger partial charge < -0.3 is 9.47 Å². The number of ether oxygens (including phenoxy) is 2. The molecule has 3 aromatic carbocycles. The molecule has 6 nitrogen and oxygen atoms in total. The standard InChI is InChI=1S/C23H17FN2O4/c1-29-18-12-11-14-19(20(18)30-2)23(28)25-16-9-5-3-7-13(16)22(27)26(21(14)25)17-10-6-4-8-15(17)24/h3-12,21H,1-2H3/t21-/m1/s1. The van der Waals surface area contributed by atoms with Gasteiger partial charge in [-0.05, 0) is 30.3 Å². The van der Waals surface area contributed by atoms with Gasteiger partial charge in [-0.1, -0.05) is 30.3 Å². The minimum Gasteiger partial charge on any atom is -0.493 e. The summed E-state index contributed by atoms with van der Waals surface area (Å²) in [5.41, 5.74) is 1.74. The largest absolute Gasteiger partial charge is 0.493 e. The Kier molecular flexibility index (Phi) is 3.99. The number of hydrogen-bond donors (Lipinski definition) is 0. The van der Waals surface area contributed by atoms with Gasteiger partial charge >= 0.3 is 0 Å². The first-order valence-corrected chi connectivity index (χ1v) is 9.34. The van der Waals surface area contributed by atoms with Crippen LogP contribution in [0.2, 0.25) is 0 Å². The van der Waals surface area contributed by atoms with Gasteiger partial charge in [-0.2, -0.15) is 0 Å². The lowest BCUT2D eigenvalue weighted by atomic mass is 10.0. The van der Waals surface area contributed by atoms with Gasteiger partial charge in [-0.3, -0.25) is 19.4 Å². The van der Waals surface area contributed by atoms with E-state index in [1.807, 2.05) is 0 Å². The highest BCUT2D eigenvalue weighted by atomic mass is 19.1. The molecule has 0 bridgehead atoms. The summed E-state index contributed by atoms with van der Waals surface area (Å²) < 4.78 is 25.6. The summed E-state index contributed by atoms with van der Waals surface area (Å²) in [6.45, 7) is 0. The minimum atomic E-state index is -0.841. The van der Waals surface area contributed by atoms with E-state index in [9.17, 15) is 14.0 Å². The third-order valence-electron chi connectivity index (χ3n) is 5.50. The Morgan fingerprint density at radius 3 is 2.17 bits per heavy atom. The molecule has 7 heteroatoms. The zero-order chi connectivity index (χ0) is 21.0. The molecule has 2 aliphatic heterocycles. The molecule has 150 valence electrons. The van der Waals surface area contributed by atoms with Crippen molar-refractivity contribution in [2.75, 3.05) is 24.0 Å². The molecule has 0 unspecified atom stereocenters. The van der Waals surface area contributed by atoms with Crippen LogP contribution in [0.15, 0.2) is 60.7 Å². The smallest absolute Gasteiger partial charge is 0.264 e. The summed E-state index contributed by atoms with van der Waals surface area (Å²) in [7, 11) is 2.94. The molecule has 0 radical (unpaired) electrons. The molecule has 30 heavy (non-hydrogen) atoms. The minimum absolute atomic E-state index is 0.0995. The summed E-state index contributed by atoms with van der Waals surface area (Å²) in [6, 6.07) is 16.3. The van der Waals surface area contributed by atoms with Crippen LogP contribution >= 0.6 is 0 Å². The molecule has 0 N–H and O–H groups in total. The van der Waals surface area contributed by atoms with Crippen LogP contribution < -0.4 is 19.3 Å². The fraction of sp³-hybridized carbons (Fsp3) is 0.130. The number of fused-ring (bicyclic) bond motifs is 5. The molecule has 0 aromatic heterocycles. The van der Waals surface area contributed by atoms with Gasteiger partial charge in [0.05, 0.1) is 36.7 Å². The Balaban J connectivity index is 1.83. The van der Waals surface area contributed by atoms with Gasteiger partial charge in [0, 0.05) is 5.56 Å². The second-order valence-corrected chi connectivity index (χ2v) is 6.96. The van der Waals surface area contributed by atoms with Crippen molar-refractivity contribution in [3.05, 3.63) is 83.2 Å². The van der Waals surface area contributed by atoms with Crippen LogP contribution in [-0.2, 0) is 0 Å². The molecular formula is C23H17FN2O4. The Hall–Kier alpha value is -3.87. The third-order valence-corrected chi connectivity index (χ3v) is 5.50. The third kappa shape index (κ3) is 2.29. The van der Waals surface area contributed by atoms with E-state index in [-0.39, 0.29) is 23.3 Å². The quantitative estimate of drug-likeness (QED) is 0.658. The van der Waals surface area contributed by atoms with Crippen LogP contribution in [-0.4, -0.2) is 26.0 Å². The molecule has 1 atom stereocenters. The highest BCUT2D eigenvalue weighted by molar-refractivity contribution is 6.22. The van der Waals surface area contributed by atoms with E-state index in [0.29, 0.717) is 28.1 Å². The summed E-state index contributed by atoms with van der Waals surface area (Å²) >= 11 is 0. The number of rotatable bonds is 3. The lowest BCUT2D eigenvalue weighted by Crippen LogP contribution is -2.48. The van der Waals surface area contributed by atoms with E-state index in [4.69, 9.17) is 9.47 Å². The van der Waals surface area contributed by atoms with E-state index < -0.39 is 12.0 Å². The molecule has 2 heterocycles. The van der Waals surface area contributed by atoms with Crippen LogP contribution in [0, 0.1) is 5.82 Å². The summed E-state index contributed by atoms with van der Waals surface area (Å²) in [5, 5.41) is 0. The SMILES string of the molecule is COc1ccc2c(c1OC)C(=O)N1c3ccccc3C(=O)N(c3ccccc3F)[C@H]21. The predicted molar refractivity (Wildman–Crippen MR) is 109 cm³/mol. The number of para-hydroxylation sites is 2. The second-order valence-electron chi connectivity index (χ2n) is 6.96. The number of amides is 2. The average Bonchev–Trinajstić information content (AvgIpc) is 3.07. The van der Waals surface area contributed by atoms with Crippen LogP contribution in [0.5, 0.6) is 11.5 Å². The summed E-state index contributed by atoms with van der Waals surface area (Å²) in [5.74, 6) is -0.583. The van der Waals surface area contributed by atoms with Gasteiger partial charge in [0.2, 0.25) is 0 Å². The summed E-state index contributed by atoms with van der Waals surface area (Å²) in [4.78, 5) is 29.9. The first-order valence-electron chi connectivity index (χ1n) is 9.34.